The van der Waals surface area contributed by atoms with Crippen molar-refractivity contribution in [3.05, 3.63) is 41.5 Å². The van der Waals surface area contributed by atoms with Crippen molar-refractivity contribution in [2.75, 3.05) is 26.7 Å². The second-order valence-electron chi connectivity index (χ2n) is 7.46. The van der Waals surface area contributed by atoms with Gasteiger partial charge >= 0.3 is 145 Å². The van der Waals surface area contributed by atoms with Gasteiger partial charge in [-0.1, -0.05) is 0 Å². The molecule has 0 saturated carbocycles. The van der Waals surface area contributed by atoms with E-state index in [1.165, 1.54) is 24.3 Å². The van der Waals surface area contributed by atoms with Crippen molar-refractivity contribution in [3.8, 4) is 0 Å². The van der Waals surface area contributed by atoms with E-state index >= 15 is 0 Å². The van der Waals surface area contributed by atoms with Crippen LogP contribution in [0.2, 0.25) is 0 Å². The number of aromatic carboxylic acids is 2. The number of hydrogen-bond donors (Lipinski definition) is 2. The van der Waals surface area contributed by atoms with Crippen molar-refractivity contribution in [1.29, 1.82) is 0 Å². The summed E-state index contributed by atoms with van der Waals surface area (Å²) in [6.45, 7) is 3.79. The Labute approximate surface area is 145 Å². The Morgan fingerprint density at radius 3 is 1.96 bits per heavy atom. The van der Waals surface area contributed by atoms with Crippen molar-refractivity contribution >= 4 is 39.7 Å². The topological polar surface area (TPSA) is 118 Å². The van der Waals surface area contributed by atoms with E-state index in [4.69, 9.17) is 9.08 Å². The third-order valence-electron chi connectivity index (χ3n) is 3.08. The number of hydrogen-bond acceptors (Lipinski definition) is 5. The van der Waals surface area contributed by atoms with Gasteiger partial charge < -0.3 is 0 Å². The van der Waals surface area contributed by atoms with Crippen molar-refractivity contribution in [1.82, 2.24) is 0 Å². The number of carboxylic acid groups (broad SMARTS) is 2. The first-order valence-corrected chi connectivity index (χ1v) is 12.5. The number of benzene rings is 2. The van der Waals surface area contributed by atoms with Crippen LogP contribution in [0.25, 0.3) is 10.8 Å². The van der Waals surface area contributed by atoms with Gasteiger partial charge in [-0.15, -0.1) is 0 Å². The predicted octanol–water partition coefficient (Wildman–Crippen LogP) is 2.93. The van der Waals surface area contributed by atoms with Gasteiger partial charge in [0.2, 0.25) is 0 Å². The molecule has 0 heterocycles. The van der Waals surface area contributed by atoms with Gasteiger partial charge in [0.15, 0.2) is 0 Å². The Hall–Kier alpha value is -2.02. The van der Waals surface area contributed by atoms with Crippen LogP contribution in [0.15, 0.2) is 35.2 Å². The fourth-order valence-corrected chi connectivity index (χ4v) is 6.40. The number of rotatable bonds is 5. The summed E-state index contributed by atoms with van der Waals surface area (Å²) in [6.07, 6.45) is 0. The molecule has 7 nitrogen and oxygen atoms in total. The Morgan fingerprint density at radius 2 is 1.48 bits per heavy atom. The van der Waals surface area contributed by atoms with E-state index < -0.39 is 28.9 Å². The van der Waals surface area contributed by atoms with E-state index in [0.29, 0.717) is 5.39 Å². The molecule has 0 unspecified atom stereocenters. The molecule has 0 amide bonds. The van der Waals surface area contributed by atoms with Gasteiger partial charge in [-0.3, -0.25) is 0 Å². The van der Waals surface area contributed by atoms with Crippen LogP contribution in [0.5, 0.6) is 0 Å². The zero-order chi connectivity index (χ0) is 19.2. The molecule has 0 aromatic heterocycles. The molecule has 0 aliphatic heterocycles. The molecular formula is C16H19O7PS. The number of fused-ring (bicyclic) bond motifs is 1. The molecule has 2 N–H and O–H groups in total. The maximum atomic E-state index is 12.8. The standard InChI is InChI=1S/C16H19O7PS/c1-24(2,3,4)23-25(21,22)14-9-12(16(19)20)7-10-5-6-11(15(17)18)8-13(10)14/h5-9H,1-4H3,(H,17,18)(H,19,20). The summed E-state index contributed by atoms with van der Waals surface area (Å²) < 4.78 is 31.0. The molecule has 0 radical (unpaired) electrons. The zero-order valence-electron chi connectivity index (χ0n) is 14.2. The third kappa shape index (κ3) is 4.54. The third-order valence-corrected chi connectivity index (χ3v) is 7.12. The minimum absolute atomic E-state index is 0.102. The number of carboxylic acids is 2. The molecule has 136 valence electrons. The van der Waals surface area contributed by atoms with Crippen LogP contribution in [0.1, 0.15) is 20.7 Å². The molecule has 0 saturated heterocycles. The molecule has 2 rings (SSSR count). The van der Waals surface area contributed by atoms with Gasteiger partial charge in [0.1, 0.15) is 0 Å². The molecule has 0 bridgehead atoms. The Kier molecular flexibility index (Phi) is 4.45. The molecule has 0 atom stereocenters. The fourth-order valence-electron chi connectivity index (χ4n) is 2.22. The van der Waals surface area contributed by atoms with Crippen LogP contribution in [0, 0.1) is 0 Å². The number of carbonyl (C=O) groups is 2. The summed E-state index contributed by atoms with van der Waals surface area (Å²) in [5.74, 6) is -2.51. The summed E-state index contributed by atoms with van der Waals surface area (Å²) in [5.41, 5.74) is -0.331. The Balaban J connectivity index is 2.85. The van der Waals surface area contributed by atoms with Gasteiger partial charge in [-0.25, -0.2) is 0 Å². The van der Waals surface area contributed by atoms with E-state index in [0.717, 1.165) is 6.07 Å². The van der Waals surface area contributed by atoms with Crippen molar-refractivity contribution in [2.45, 2.75) is 4.90 Å². The van der Waals surface area contributed by atoms with Gasteiger partial charge in [-0.2, -0.15) is 0 Å². The first kappa shape index (κ1) is 19.3. The summed E-state index contributed by atoms with van der Waals surface area (Å²) in [6, 6.07) is 6.14. The molecule has 0 aliphatic rings. The summed E-state index contributed by atoms with van der Waals surface area (Å²) in [5, 5.41) is 18.8. The van der Waals surface area contributed by atoms with Crippen molar-refractivity contribution < 1.29 is 32.2 Å². The molecular weight excluding hydrogens is 367 g/mol. The molecule has 2 aromatic carbocycles. The van der Waals surface area contributed by atoms with Crippen molar-refractivity contribution in [2.24, 2.45) is 0 Å². The van der Waals surface area contributed by atoms with Crippen LogP contribution >= 0.6 is 6.83 Å². The normalized spacial score (nSPS) is 14.0. The average Bonchev–Trinajstić information content (AvgIpc) is 2.41. The van der Waals surface area contributed by atoms with Gasteiger partial charge in [-0.05, 0) is 0 Å². The minimum atomic E-state index is -4.30. The predicted molar refractivity (Wildman–Crippen MR) is 96.8 cm³/mol. The Bertz CT molecular complexity index is 991. The monoisotopic (exact) mass is 386 g/mol. The van der Waals surface area contributed by atoms with Crippen molar-refractivity contribution in [3.63, 3.8) is 0 Å². The quantitative estimate of drug-likeness (QED) is 0.759. The first-order chi connectivity index (χ1) is 11.2. The van der Waals surface area contributed by atoms with Crippen LogP contribution in [0.4, 0.5) is 0 Å². The second-order valence-corrected chi connectivity index (χ2v) is 16.2. The van der Waals surface area contributed by atoms with E-state index in [1.807, 2.05) is 0 Å². The van der Waals surface area contributed by atoms with E-state index in [9.17, 15) is 23.1 Å². The molecule has 0 spiro atoms. The molecule has 25 heavy (non-hydrogen) atoms. The van der Waals surface area contributed by atoms with E-state index in [2.05, 4.69) is 0 Å². The molecule has 9 heteroatoms. The Morgan fingerprint density at radius 1 is 0.920 bits per heavy atom. The maximum absolute atomic E-state index is 12.8. The van der Waals surface area contributed by atoms with Crippen LogP contribution in [-0.4, -0.2) is 57.2 Å². The summed E-state index contributed by atoms with van der Waals surface area (Å²) >= 11 is 0. The van der Waals surface area contributed by atoms with Crippen LogP contribution in [-0.2, 0) is 14.1 Å². The molecule has 2 aromatic rings. The SMILES string of the molecule is CP(C)(C)(C)OS(=O)(=O)c1cc(C(=O)O)cc2ccc(C(=O)O)cc12. The van der Waals surface area contributed by atoms with Crippen LogP contribution < -0.4 is 0 Å². The zero-order valence-corrected chi connectivity index (χ0v) is 15.9. The van der Waals surface area contributed by atoms with Gasteiger partial charge in [0, 0.05) is 0 Å². The molecule has 0 aliphatic carbocycles. The van der Waals surface area contributed by atoms with Crippen LogP contribution in [0.3, 0.4) is 0 Å². The average molecular weight is 386 g/mol. The second kappa shape index (κ2) is 5.76. The summed E-state index contributed by atoms with van der Waals surface area (Å²) in [4.78, 5) is 22.2. The molecule has 0 fully saturated rings. The van der Waals surface area contributed by atoms with Gasteiger partial charge in [0.05, 0.1) is 0 Å². The fraction of sp³-hybridized carbons (Fsp3) is 0.250. The van der Waals surface area contributed by atoms with E-state index in [-0.39, 0.29) is 21.4 Å². The summed E-state index contributed by atoms with van der Waals surface area (Å²) in [7, 11) is -4.30. The first-order valence-electron chi connectivity index (χ1n) is 7.17. The van der Waals surface area contributed by atoms with Gasteiger partial charge in [0.25, 0.3) is 0 Å². The van der Waals surface area contributed by atoms with E-state index in [1.54, 1.807) is 26.7 Å².